The number of rotatable bonds is 2. The van der Waals surface area contributed by atoms with Gasteiger partial charge in [-0.05, 0) is 28.1 Å². The molecule has 0 unspecified atom stereocenters. The van der Waals surface area contributed by atoms with Gasteiger partial charge in [0.05, 0.1) is 9.40 Å². The van der Waals surface area contributed by atoms with Gasteiger partial charge in [0.1, 0.15) is 0 Å². The van der Waals surface area contributed by atoms with Crippen molar-refractivity contribution in [1.29, 1.82) is 0 Å². The van der Waals surface area contributed by atoms with Gasteiger partial charge < -0.3 is 0 Å². The Morgan fingerprint density at radius 1 is 1.33 bits per heavy atom. The molecule has 0 aromatic heterocycles. The number of nitro groups is 1. The highest BCUT2D eigenvalue weighted by Crippen LogP contribution is 2.34. The lowest BCUT2D eigenvalue weighted by molar-refractivity contribution is -0.388. The molecule has 1 rings (SSSR count). The topological polar surface area (TPSA) is 103 Å². The Hall–Kier alpha value is -0.510. The summed E-state index contributed by atoms with van der Waals surface area (Å²) in [6, 6.07) is 2.45. The first-order valence-corrected chi connectivity index (χ1v) is 6.53. The van der Waals surface area contributed by atoms with Crippen molar-refractivity contribution in [1.82, 2.24) is 0 Å². The van der Waals surface area contributed by atoms with Crippen LogP contribution in [0, 0.1) is 10.1 Å². The molecular weight excluding hydrogens is 356 g/mol. The molecule has 1 aromatic rings. The van der Waals surface area contributed by atoms with Gasteiger partial charge in [-0.2, -0.15) is 0 Å². The second-order valence-corrected chi connectivity index (χ2v) is 5.84. The Balaban J connectivity index is 3.70. The zero-order valence-electron chi connectivity index (χ0n) is 6.98. The van der Waals surface area contributed by atoms with E-state index in [0.717, 1.165) is 6.07 Å². The second-order valence-electron chi connectivity index (χ2n) is 2.54. The molecule has 0 aliphatic carbocycles. The van der Waals surface area contributed by atoms with Crippen LogP contribution in [0.15, 0.2) is 26.0 Å². The molecule has 0 atom stereocenters. The molecule has 0 aliphatic heterocycles. The number of hydrogen-bond acceptors (Lipinski definition) is 4. The zero-order valence-corrected chi connectivity index (χ0v) is 11.0. The highest BCUT2D eigenvalue weighted by atomic mass is 79.9. The van der Waals surface area contributed by atoms with Gasteiger partial charge in [-0.15, -0.1) is 0 Å². The maximum atomic E-state index is 11.1. The molecule has 0 saturated heterocycles. The number of benzene rings is 1. The van der Waals surface area contributed by atoms with Crippen molar-refractivity contribution >= 4 is 47.6 Å². The molecule has 1 aromatic carbocycles. The smallest absolute Gasteiger partial charge is 0.258 e. The summed E-state index contributed by atoms with van der Waals surface area (Å²) in [4.78, 5) is 9.30. The first-order valence-electron chi connectivity index (χ1n) is 3.39. The number of nitrogens with two attached hydrogens (primary N) is 1. The van der Waals surface area contributed by atoms with Crippen LogP contribution in [0.1, 0.15) is 0 Å². The van der Waals surface area contributed by atoms with Gasteiger partial charge in [-0.25, -0.2) is 13.6 Å². The van der Waals surface area contributed by atoms with Gasteiger partial charge in [0, 0.05) is 4.47 Å². The van der Waals surface area contributed by atoms with E-state index in [1.807, 2.05) is 0 Å². The number of hydrogen-bond donors (Lipinski definition) is 1. The Morgan fingerprint density at radius 3 is 2.27 bits per heavy atom. The maximum Gasteiger partial charge on any atom is 0.303 e. The summed E-state index contributed by atoms with van der Waals surface area (Å²) in [6.45, 7) is 0. The molecule has 9 heteroatoms. The van der Waals surface area contributed by atoms with Crippen molar-refractivity contribution in [3.8, 4) is 0 Å². The maximum absolute atomic E-state index is 11.1. The van der Waals surface area contributed by atoms with Crippen LogP contribution in [-0.4, -0.2) is 13.3 Å². The van der Waals surface area contributed by atoms with Crippen LogP contribution in [0.4, 0.5) is 5.69 Å². The van der Waals surface area contributed by atoms with Gasteiger partial charge in [0.15, 0.2) is 4.90 Å². The number of nitrogens with zero attached hydrogens (tertiary/aromatic N) is 1. The predicted octanol–water partition coefficient (Wildman–Crippen LogP) is 1.77. The Labute approximate surface area is 102 Å². The van der Waals surface area contributed by atoms with Crippen LogP contribution in [-0.2, 0) is 10.0 Å². The monoisotopic (exact) mass is 358 g/mol. The molecule has 0 aliphatic rings. The van der Waals surface area contributed by atoms with E-state index in [2.05, 4.69) is 31.9 Å². The highest BCUT2D eigenvalue weighted by Gasteiger charge is 2.26. The third-order valence-corrected chi connectivity index (χ3v) is 3.47. The van der Waals surface area contributed by atoms with Crippen molar-refractivity contribution in [2.75, 3.05) is 0 Å². The molecule has 0 saturated carbocycles. The lowest BCUT2D eigenvalue weighted by Gasteiger charge is -2.03. The minimum Gasteiger partial charge on any atom is -0.258 e. The zero-order chi connectivity index (χ0) is 11.8. The fourth-order valence-electron chi connectivity index (χ4n) is 0.936. The largest absolute Gasteiger partial charge is 0.303 e. The van der Waals surface area contributed by atoms with Crippen molar-refractivity contribution < 1.29 is 13.3 Å². The lowest BCUT2D eigenvalue weighted by atomic mass is 10.3. The molecule has 6 nitrogen and oxygen atoms in total. The summed E-state index contributed by atoms with van der Waals surface area (Å²) >= 11 is 5.92. The Bertz CT molecular complexity index is 528. The number of sulfonamides is 1. The van der Waals surface area contributed by atoms with Crippen LogP contribution in [0.3, 0.4) is 0 Å². The molecule has 82 valence electrons. The average molecular weight is 360 g/mol. The van der Waals surface area contributed by atoms with Crippen molar-refractivity contribution in [2.24, 2.45) is 5.14 Å². The lowest BCUT2D eigenvalue weighted by Crippen LogP contribution is -2.14. The van der Waals surface area contributed by atoms with Gasteiger partial charge in [0.2, 0.25) is 10.0 Å². The number of halogens is 2. The quantitative estimate of drug-likeness (QED) is 0.641. The first-order chi connectivity index (χ1) is 6.73. The van der Waals surface area contributed by atoms with Gasteiger partial charge in [0.25, 0.3) is 0 Å². The highest BCUT2D eigenvalue weighted by molar-refractivity contribution is 9.11. The molecule has 0 radical (unpaired) electrons. The van der Waals surface area contributed by atoms with E-state index in [9.17, 15) is 18.5 Å². The number of primary sulfonamides is 1. The van der Waals surface area contributed by atoms with E-state index in [4.69, 9.17) is 5.14 Å². The van der Waals surface area contributed by atoms with Gasteiger partial charge in [-0.3, -0.25) is 10.1 Å². The van der Waals surface area contributed by atoms with Gasteiger partial charge >= 0.3 is 5.69 Å². The third kappa shape index (κ3) is 2.74. The molecule has 0 bridgehead atoms. The Morgan fingerprint density at radius 2 is 1.87 bits per heavy atom. The van der Waals surface area contributed by atoms with Crippen LogP contribution < -0.4 is 5.14 Å². The molecule has 2 N–H and O–H groups in total. The SMILES string of the molecule is NS(=O)(=O)c1cc(Br)cc(Br)c1[N+](=O)[O-]. The average Bonchev–Trinajstić information content (AvgIpc) is 1.99. The standard InChI is InChI=1S/C6H4Br2N2O4S/c7-3-1-4(8)6(10(11)12)5(2-3)15(9,13)14/h1-2H,(H2,9,13,14). The van der Waals surface area contributed by atoms with Crippen molar-refractivity contribution in [3.63, 3.8) is 0 Å². The summed E-state index contributed by atoms with van der Waals surface area (Å²) in [5.41, 5.74) is -0.569. The van der Waals surface area contributed by atoms with Crippen LogP contribution in [0.5, 0.6) is 0 Å². The van der Waals surface area contributed by atoms with E-state index in [0.29, 0.717) is 4.47 Å². The molecule has 15 heavy (non-hydrogen) atoms. The normalized spacial score (nSPS) is 11.4. The van der Waals surface area contributed by atoms with Crippen molar-refractivity contribution in [3.05, 3.63) is 31.2 Å². The summed E-state index contributed by atoms with van der Waals surface area (Å²) in [5, 5.41) is 15.5. The van der Waals surface area contributed by atoms with E-state index in [1.54, 1.807) is 0 Å². The van der Waals surface area contributed by atoms with E-state index in [-0.39, 0.29) is 4.47 Å². The third-order valence-electron chi connectivity index (χ3n) is 1.48. The Kier molecular flexibility index (Phi) is 3.48. The van der Waals surface area contributed by atoms with Crippen molar-refractivity contribution in [2.45, 2.75) is 4.90 Å². The van der Waals surface area contributed by atoms with Crippen LogP contribution in [0.25, 0.3) is 0 Å². The summed E-state index contributed by atoms with van der Waals surface area (Å²) in [7, 11) is -4.13. The van der Waals surface area contributed by atoms with Gasteiger partial charge in [-0.1, -0.05) is 15.9 Å². The van der Waals surface area contributed by atoms with Crippen LogP contribution in [0.2, 0.25) is 0 Å². The summed E-state index contributed by atoms with van der Waals surface area (Å²) < 4.78 is 22.6. The molecule has 0 spiro atoms. The fraction of sp³-hybridized carbons (Fsp3) is 0. The van der Waals surface area contributed by atoms with E-state index in [1.165, 1.54) is 6.07 Å². The molecule has 0 fully saturated rings. The molecular formula is C6H4Br2N2O4S. The molecule has 0 heterocycles. The second kappa shape index (κ2) is 4.16. The summed E-state index contributed by atoms with van der Waals surface area (Å²) in [6.07, 6.45) is 0. The fourth-order valence-corrected chi connectivity index (χ4v) is 3.33. The minimum atomic E-state index is -4.13. The minimum absolute atomic E-state index is 0.0471. The van der Waals surface area contributed by atoms with E-state index >= 15 is 0 Å². The first kappa shape index (κ1) is 12.6. The van der Waals surface area contributed by atoms with Crippen LogP contribution >= 0.6 is 31.9 Å². The summed E-state index contributed by atoms with van der Waals surface area (Å²) in [5.74, 6) is 0. The predicted molar refractivity (Wildman–Crippen MR) is 59.9 cm³/mol. The number of nitro benzene ring substituents is 1. The molecule has 0 amide bonds. The van der Waals surface area contributed by atoms with E-state index < -0.39 is 25.5 Å².